The van der Waals surface area contributed by atoms with Crippen molar-refractivity contribution in [3.8, 4) is 0 Å². The lowest BCUT2D eigenvalue weighted by atomic mass is 10.3. The van der Waals surface area contributed by atoms with Crippen LogP contribution in [0, 0.1) is 0 Å². The molecule has 1 aliphatic rings. The van der Waals surface area contributed by atoms with E-state index in [1.807, 2.05) is 12.1 Å². The van der Waals surface area contributed by atoms with Gasteiger partial charge in [-0.1, -0.05) is 0 Å². The monoisotopic (exact) mass is 414 g/mol. The van der Waals surface area contributed by atoms with Crippen molar-refractivity contribution >= 4 is 35.9 Å². The molecule has 3 heterocycles. The van der Waals surface area contributed by atoms with E-state index in [1.54, 1.807) is 24.9 Å². The maximum absolute atomic E-state index is 6.04. The fourth-order valence-corrected chi connectivity index (χ4v) is 2.24. The first-order chi connectivity index (χ1) is 10.3. The molecule has 3 rings (SSSR count). The van der Waals surface area contributed by atoms with Gasteiger partial charge in [-0.15, -0.1) is 24.0 Å². The predicted octanol–water partition coefficient (Wildman–Crippen LogP) is 1.32. The van der Waals surface area contributed by atoms with Gasteiger partial charge in [0.2, 0.25) is 5.95 Å². The summed E-state index contributed by atoms with van der Waals surface area (Å²) in [6, 6.07) is 3.71. The van der Waals surface area contributed by atoms with Gasteiger partial charge in [0.25, 0.3) is 0 Å². The van der Waals surface area contributed by atoms with Crippen molar-refractivity contribution in [1.29, 1.82) is 0 Å². The number of hydrogen-bond acceptors (Lipinski definition) is 5. The van der Waals surface area contributed by atoms with E-state index in [9.17, 15) is 0 Å². The molecule has 8 heteroatoms. The predicted molar refractivity (Wildman–Crippen MR) is 95.3 cm³/mol. The highest BCUT2D eigenvalue weighted by Crippen LogP contribution is 2.09. The molecule has 0 atom stereocenters. The second-order valence-corrected chi connectivity index (χ2v) is 4.83. The Morgan fingerprint density at radius 1 is 1.23 bits per heavy atom. The molecule has 1 saturated heterocycles. The van der Waals surface area contributed by atoms with E-state index in [0.29, 0.717) is 12.5 Å². The Bertz CT molecular complexity index is 581. The molecular weight excluding hydrogens is 395 g/mol. The zero-order valence-corrected chi connectivity index (χ0v) is 14.5. The SMILES string of the molecule is I.NC(=NCc1ccoc1)N1CCN(c2ncccn2)CC1. The van der Waals surface area contributed by atoms with Gasteiger partial charge < -0.3 is 20.0 Å². The Morgan fingerprint density at radius 2 is 1.95 bits per heavy atom. The minimum absolute atomic E-state index is 0. The van der Waals surface area contributed by atoms with Gasteiger partial charge in [0, 0.05) is 44.1 Å². The molecule has 1 aliphatic heterocycles. The van der Waals surface area contributed by atoms with Crippen molar-refractivity contribution in [2.75, 3.05) is 31.1 Å². The van der Waals surface area contributed by atoms with Crippen LogP contribution >= 0.6 is 24.0 Å². The molecule has 0 bridgehead atoms. The third-order valence-corrected chi connectivity index (χ3v) is 3.44. The number of furan rings is 1. The van der Waals surface area contributed by atoms with Gasteiger partial charge >= 0.3 is 0 Å². The number of halogens is 1. The van der Waals surface area contributed by atoms with E-state index >= 15 is 0 Å². The van der Waals surface area contributed by atoms with Crippen LogP contribution in [-0.2, 0) is 6.54 Å². The fraction of sp³-hybridized carbons (Fsp3) is 0.357. The van der Waals surface area contributed by atoms with E-state index in [0.717, 1.165) is 37.7 Å². The molecule has 2 aromatic heterocycles. The van der Waals surface area contributed by atoms with Crippen LogP contribution in [0.5, 0.6) is 0 Å². The Morgan fingerprint density at radius 3 is 2.59 bits per heavy atom. The minimum Gasteiger partial charge on any atom is -0.472 e. The lowest BCUT2D eigenvalue weighted by Crippen LogP contribution is -2.51. The number of aliphatic imine (C=N–C) groups is 1. The van der Waals surface area contributed by atoms with E-state index < -0.39 is 0 Å². The maximum Gasteiger partial charge on any atom is 0.225 e. The molecule has 118 valence electrons. The number of guanidine groups is 1. The first-order valence-electron chi connectivity index (χ1n) is 6.91. The third kappa shape index (κ3) is 4.09. The molecule has 0 aliphatic carbocycles. The van der Waals surface area contributed by atoms with Crippen LogP contribution in [0.3, 0.4) is 0 Å². The Hall–Kier alpha value is -1.84. The van der Waals surface area contributed by atoms with Gasteiger partial charge in [0.05, 0.1) is 19.1 Å². The highest BCUT2D eigenvalue weighted by Gasteiger charge is 2.19. The van der Waals surface area contributed by atoms with Crippen LogP contribution in [-0.4, -0.2) is 47.0 Å². The second kappa shape index (κ2) is 7.97. The van der Waals surface area contributed by atoms with Crippen molar-refractivity contribution < 1.29 is 4.42 Å². The molecule has 0 unspecified atom stereocenters. The summed E-state index contributed by atoms with van der Waals surface area (Å²) in [5, 5.41) is 0. The van der Waals surface area contributed by atoms with Crippen LogP contribution in [0.2, 0.25) is 0 Å². The standard InChI is InChI=1S/C14H18N6O.HI/c15-13(18-10-12-2-9-21-11-12)19-5-7-20(8-6-19)14-16-3-1-4-17-14;/h1-4,9,11H,5-8,10H2,(H2,15,18);1H. The number of aromatic nitrogens is 2. The largest absolute Gasteiger partial charge is 0.472 e. The number of nitrogens with zero attached hydrogens (tertiary/aromatic N) is 5. The lowest BCUT2D eigenvalue weighted by Gasteiger charge is -2.35. The van der Waals surface area contributed by atoms with Crippen LogP contribution in [0.15, 0.2) is 46.5 Å². The summed E-state index contributed by atoms with van der Waals surface area (Å²) in [4.78, 5) is 17.2. The molecule has 1 fully saturated rings. The van der Waals surface area contributed by atoms with E-state index in [4.69, 9.17) is 10.2 Å². The van der Waals surface area contributed by atoms with Crippen molar-refractivity contribution in [2.45, 2.75) is 6.54 Å². The van der Waals surface area contributed by atoms with E-state index in [-0.39, 0.29) is 24.0 Å². The average molecular weight is 414 g/mol. The van der Waals surface area contributed by atoms with Crippen molar-refractivity contribution in [2.24, 2.45) is 10.7 Å². The summed E-state index contributed by atoms with van der Waals surface area (Å²) in [7, 11) is 0. The molecular formula is C14H19IN6O. The minimum atomic E-state index is 0. The topological polar surface area (TPSA) is 83.8 Å². The molecule has 7 nitrogen and oxygen atoms in total. The summed E-state index contributed by atoms with van der Waals surface area (Å²) >= 11 is 0. The molecule has 2 aromatic rings. The van der Waals surface area contributed by atoms with E-state index in [1.165, 1.54) is 0 Å². The van der Waals surface area contributed by atoms with Gasteiger partial charge in [-0.3, -0.25) is 0 Å². The van der Waals surface area contributed by atoms with E-state index in [2.05, 4.69) is 24.8 Å². The highest BCUT2D eigenvalue weighted by molar-refractivity contribution is 14.0. The lowest BCUT2D eigenvalue weighted by molar-refractivity contribution is 0.378. The number of piperazine rings is 1. The first-order valence-corrected chi connectivity index (χ1v) is 6.91. The molecule has 0 aromatic carbocycles. The van der Waals surface area contributed by atoms with Gasteiger partial charge in [-0.2, -0.15) is 0 Å². The Kier molecular flexibility index (Phi) is 5.99. The Balaban J connectivity index is 0.00000176. The summed E-state index contributed by atoms with van der Waals surface area (Å²) in [5.74, 6) is 1.34. The zero-order chi connectivity index (χ0) is 14.5. The molecule has 0 amide bonds. The summed E-state index contributed by atoms with van der Waals surface area (Å²) < 4.78 is 5.01. The van der Waals surface area contributed by atoms with Crippen molar-refractivity contribution in [3.63, 3.8) is 0 Å². The fourth-order valence-electron chi connectivity index (χ4n) is 2.24. The normalized spacial score (nSPS) is 15.5. The second-order valence-electron chi connectivity index (χ2n) is 4.83. The molecule has 0 radical (unpaired) electrons. The third-order valence-electron chi connectivity index (χ3n) is 3.44. The van der Waals surface area contributed by atoms with Gasteiger partial charge in [-0.25, -0.2) is 15.0 Å². The summed E-state index contributed by atoms with van der Waals surface area (Å²) in [6.45, 7) is 3.86. The quantitative estimate of drug-likeness (QED) is 0.464. The summed E-state index contributed by atoms with van der Waals surface area (Å²) in [5.41, 5.74) is 7.07. The highest BCUT2D eigenvalue weighted by atomic mass is 127. The smallest absolute Gasteiger partial charge is 0.225 e. The maximum atomic E-state index is 6.04. The number of anilines is 1. The number of nitrogens with two attached hydrogens (primary N) is 1. The average Bonchev–Trinajstić information content (AvgIpc) is 3.07. The Labute approximate surface area is 146 Å². The molecule has 22 heavy (non-hydrogen) atoms. The van der Waals surface area contributed by atoms with Gasteiger partial charge in [0.1, 0.15) is 0 Å². The van der Waals surface area contributed by atoms with Crippen LogP contribution < -0.4 is 10.6 Å². The molecule has 0 saturated carbocycles. The van der Waals surface area contributed by atoms with Crippen LogP contribution in [0.25, 0.3) is 0 Å². The molecule has 0 spiro atoms. The van der Waals surface area contributed by atoms with Gasteiger partial charge in [0.15, 0.2) is 5.96 Å². The van der Waals surface area contributed by atoms with Crippen molar-refractivity contribution in [1.82, 2.24) is 14.9 Å². The van der Waals surface area contributed by atoms with Crippen LogP contribution in [0.4, 0.5) is 5.95 Å². The first kappa shape index (κ1) is 16.5. The number of hydrogen-bond donors (Lipinski definition) is 1. The van der Waals surface area contributed by atoms with Gasteiger partial charge in [-0.05, 0) is 12.1 Å². The number of rotatable bonds is 3. The van der Waals surface area contributed by atoms with Crippen LogP contribution in [0.1, 0.15) is 5.56 Å². The summed E-state index contributed by atoms with van der Waals surface area (Å²) in [6.07, 6.45) is 6.84. The molecule has 2 N–H and O–H groups in total. The zero-order valence-electron chi connectivity index (χ0n) is 12.1. The van der Waals surface area contributed by atoms with Crippen molar-refractivity contribution in [3.05, 3.63) is 42.6 Å².